The fourth-order valence-electron chi connectivity index (χ4n) is 0.666. The first-order chi connectivity index (χ1) is 4.79. The summed E-state index contributed by atoms with van der Waals surface area (Å²) in [6, 6.07) is 0. The van der Waals surface area contributed by atoms with Crippen molar-refractivity contribution in [2.75, 3.05) is 0 Å². The molecule has 0 amide bonds. The number of aromatic nitrogens is 2. The van der Waals surface area contributed by atoms with Gasteiger partial charge in [-0.15, -0.1) is 12.6 Å². The van der Waals surface area contributed by atoms with Crippen LogP contribution in [-0.4, -0.2) is 15.3 Å². The van der Waals surface area contributed by atoms with Crippen molar-refractivity contribution in [1.29, 1.82) is 0 Å². The summed E-state index contributed by atoms with van der Waals surface area (Å²) in [5, 5.41) is 6.32. The van der Waals surface area contributed by atoms with Gasteiger partial charge in [0.1, 0.15) is 0 Å². The molecule has 0 fully saturated rings. The van der Waals surface area contributed by atoms with Gasteiger partial charge < -0.3 is 0 Å². The van der Waals surface area contributed by atoms with Crippen LogP contribution in [0.15, 0.2) is 12.4 Å². The van der Waals surface area contributed by atoms with Crippen molar-refractivity contribution in [3.63, 3.8) is 0 Å². The Balaban J connectivity index is 2.35. The second kappa shape index (κ2) is 3.41. The lowest BCUT2D eigenvalue weighted by Gasteiger charge is -1.88. The summed E-state index contributed by atoms with van der Waals surface area (Å²) in [7, 11) is 0. The van der Waals surface area contributed by atoms with Crippen LogP contribution in [0, 0.1) is 0 Å². The van der Waals surface area contributed by atoms with Crippen LogP contribution in [0.25, 0.3) is 0 Å². The monoisotopic (exact) mass is 156 g/mol. The Morgan fingerprint density at radius 3 is 3.10 bits per heavy atom. The molecule has 0 atom stereocenters. The number of aromatic amines is 1. The van der Waals surface area contributed by atoms with E-state index < -0.39 is 0 Å². The molecule has 0 unspecified atom stereocenters. The molecule has 0 saturated heterocycles. The number of hydrogen-bond acceptors (Lipinski definition) is 2. The van der Waals surface area contributed by atoms with Crippen molar-refractivity contribution in [1.82, 2.24) is 10.2 Å². The Labute approximate surface area is 64.2 Å². The third kappa shape index (κ3) is 2.23. The molecule has 1 heterocycles. The number of carbonyl (C=O) groups excluding carboxylic acids is 1. The molecule has 0 spiro atoms. The van der Waals surface area contributed by atoms with Crippen LogP contribution >= 0.6 is 12.6 Å². The van der Waals surface area contributed by atoms with Gasteiger partial charge in [0.2, 0.25) is 0 Å². The number of thiol groups is 1. The number of aryl methyl sites for hydroxylation is 1. The zero-order valence-electron chi connectivity index (χ0n) is 5.37. The lowest BCUT2D eigenvalue weighted by molar-refractivity contribution is -0.110. The molecule has 0 bridgehead atoms. The zero-order valence-corrected chi connectivity index (χ0v) is 6.27. The third-order valence-corrected chi connectivity index (χ3v) is 1.41. The quantitative estimate of drug-likeness (QED) is 0.636. The predicted octanol–water partition coefficient (Wildman–Crippen LogP) is 0.799. The van der Waals surface area contributed by atoms with Crippen LogP contribution in [0.2, 0.25) is 0 Å². The van der Waals surface area contributed by atoms with E-state index in [9.17, 15) is 4.79 Å². The van der Waals surface area contributed by atoms with E-state index in [0.717, 1.165) is 12.0 Å². The second-order valence-corrected chi connectivity index (χ2v) is 2.50. The maximum absolute atomic E-state index is 10.4. The van der Waals surface area contributed by atoms with E-state index in [1.165, 1.54) is 0 Å². The normalized spacial score (nSPS) is 9.70. The molecule has 54 valence electrons. The molecule has 0 saturated carbocycles. The molecule has 1 rings (SSSR count). The lowest BCUT2D eigenvalue weighted by atomic mass is 10.2. The molecule has 1 N–H and O–H groups in total. The summed E-state index contributed by atoms with van der Waals surface area (Å²) >= 11 is 3.64. The van der Waals surface area contributed by atoms with Gasteiger partial charge in [0.05, 0.1) is 6.20 Å². The maximum atomic E-state index is 10.4. The summed E-state index contributed by atoms with van der Waals surface area (Å²) in [5.41, 5.74) is 1.04. The first kappa shape index (κ1) is 7.34. The summed E-state index contributed by atoms with van der Waals surface area (Å²) in [6.07, 6.45) is 4.68. The molecule has 0 aliphatic heterocycles. The van der Waals surface area contributed by atoms with Crippen LogP contribution in [-0.2, 0) is 11.2 Å². The molecule has 1 aromatic heterocycles. The molecule has 3 nitrogen and oxygen atoms in total. The van der Waals surface area contributed by atoms with Gasteiger partial charge in [-0.3, -0.25) is 9.89 Å². The lowest BCUT2D eigenvalue weighted by Crippen LogP contribution is -1.89. The molecule has 0 aliphatic rings. The van der Waals surface area contributed by atoms with Crippen LogP contribution in [0.1, 0.15) is 12.0 Å². The highest BCUT2D eigenvalue weighted by molar-refractivity contribution is 7.96. The summed E-state index contributed by atoms with van der Waals surface area (Å²) in [6.45, 7) is 0. The molecule has 0 aliphatic carbocycles. The highest BCUT2D eigenvalue weighted by Gasteiger charge is 1.96. The molecule has 4 heteroatoms. The van der Waals surface area contributed by atoms with Gasteiger partial charge in [0, 0.05) is 12.6 Å². The van der Waals surface area contributed by atoms with E-state index >= 15 is 0 Å². The molecule has 10 heavy (non-hydrogen) atoms. The average molecular weight is 156 g/mol. The Morgan fingerprint density at radius 2 is 2.60 bits per heavy atom. The Kier molecular flexibility index (Phi) is 2.50. The number of rotatable bonds is 3. The topological polar surface area (TPSA) is 45.8 Å². The van der Waals surface area contributed by atoms with E-state index in [-0.39, 0.29) is 5.12 Å². The highest BCUT2D eigenvalue weighted by Crippen LogP contribution is 2.00. The average Bonchev–Trinajstić information content (AvgIpc) is 2.34. The van der Waals surface area contributed by atoms with Gasteiger partial charge in [-0.05, 0) is 12.0 Å². The molecular formula is C6H8N2OS. The predicted molar refractivity (Wildman–Crippen MR) is 40.9 cm³/mol. The summed E-state index contributed by atoms with van der Waals surface area (Å²) in [4.78, 5) is 10.4. The van der Waals surface area contributed by atoms with Crippen molar-refractivity contribution in [2.45, 2.75) is 12.8 Å². The van der Waals surface area contributed by atoms with E-state index in [2.05, 4.69) is 22.8 Å². The summed E-state index contributed by atoms with van der Waals surface area (Å²) < 4.78 is 0. The van der Waals surface area contributed by atoms with Gasteiger partial charge in [-0.1, -0.05) is 0 Å². The fraction of sp³-hybridized carbons (Fsp3) is 0.333. The van der Waals surface area contributed by atoms with Crippen molar-refractivity contribution >= 4 is 17.7 Å². The minimum absolute atomic E-state index is 0.0822. The smallest absolute Gasteiger partial charge is 0.186 e. The highest BCUT2D eigenvalue weighted by atomic mass is 32.1. The van der Waals surface area contributed by atoms with Crippen LogP contribution in [0.3, 0.4) is 0 Å². The Bertz CT molecular complexity index is 208. The van der Waals surface area contributed by atoms with E-state index in [1.54, 1.807) is 12.4 Å². The number of H-pyrrole nitrogens is 1. The first-order valence-corrected chi connectivity index (χ1v) is 3.43. The largest absolute Gasteiger partial charge is 0.287 e. The number of nitrogens with zero attached hydrogens (tertiary/aromatic N) is 1. The van der Waals surface area contributed by atoms with Crippen LogP contribution in [0.4, 0.5) is 0 Å². The number of nitrogens with one attached hydrogen (secondary N) is 1. The molecule has 0 radical (unpaired) electrons. The van der Waals surface area contributed by atoms with E-state index in [0.29, 0.717) is 6.42 Å². The van der Waals surface area contributed by atoms with Gasteiger partial charge >= 0.3 is 0 Å². The number of hydrogen-bond donors (Lipinski definition) is 2. The third-order valence-electron chi connectivity index (χ3n) is 1.18. The van der Waals surface area contributed by atoms with Gasteiger partial charge in [-0.2, -0.15) is 5.10 Å². The van der Waals surface area contributed by atoms with Gasteiger partial charge in [0.25, 0.3) is 0 Å². The summed E-state index contributed by atoms with van der Waals surface area (Å²) in [5.74, 6) is 0. The maximum Gasteiger partial charge on any atom is 0.186 e. The van der Waals surface area contributed by atoms with Gasteiger partial charge in [0.15, 0.2) is 5.12 Å². The number of carbonyl (C=O) groups is 1. The zero-order chi connectivity index (χ0) is 7.40. The molecule has 1 aromatic rings. The minimum atomic E-state index is -0.0822. The Morgan fingerprint density at radius 1 is 1.80 bits per heavy atom. The second-order valence-electron chi connectivity index (χ2n) is 2.00. The minimum Gasteiger partial charge on any atom is -0.287 e. The first-order valence-electron chi connectivity index (χ1n) is 2.98. The van der Waals surface area contributed by atoms with Crippen molar-refractivity contribution in [2.24, 2.45) is 0 Å². The molecular weight excluding hydrogens is 148 g/mol. The van der Waals surface area contributed by atoms with Crippen LogP contribution < -0.4 is 0 Å². The molecule has 0 aromatic carbocycles. The van der Waals surface area contributed by atoms with Gasteiger partial charge in [-0.25, -0.2) is 0 Å². The fourth-order valence-corrected chi connectivity index (χ4v) is 0.777. The van der Waals surface area contributed by atoms with E-state index in [4.69, 9.17) is 0 Å². The Hall–Kier alpha value is -0.770. The SMILES string of the molecule is O=C(S)CCc1cn[nH]c1. The standard InChI is InChI=1S/C6H8N2OS/c9-6(10)2-1-5-3-7-8-4-5/h3-4H,1-2H2,(H,7,8)(H,9,10). The van der Waals surface area contributed by atoms with Crippen molar-refractivity contribution in [3.8, 4) is 0 Å². The van der Waals surface area contributed by atoms with Crippen molar-refractivity contribution < 1.29 is 4.79 Å². The van der Waals surface area contributed by atoms with Crippen LogP contribution in [0.5, 0.6) is 0 Å². The van der Waals surface area contributed by atoms with Crippen molar-refractivity contribution in [3.05, 3.63) is 18.0 Å². The van der Waals surface area contributed by atoms with E-state index in [1.807, 2.05) is 0 Å².